The Morgan fingerprint density at radius 2 is 2.21 bits per heavy atom. The molecule has 28 heavy (non-hydrogen) atoms. The lowest BCUT2D eigenvalue weighted by molar-refractivity contribution is -0.132. The highest BCUT2D eigenvalue weighted by Gasteiger charge is 2.30. The van der Waals surface area contributed by atoms with Gasteiger partial charge in [0.05, 0.1) is 12.3 Å². The van der Waals surface area contributed by atoms with Crippen molar-refractivity contribution in [3.05, 3.63) is 24.0 Å². The van der Waals surface area contributed by atoms with E-state index in [0.717, 1.165) is 18.4 Å². The Balaban J connectivity index is 1.87. The number of aromatic nitrogens is 2. The fourth-order valence-corrected chi connectivity index (χ4v) is 3.51. The number of nitrogens with one attached hydrogen (secondary N) is 2. The first-order valence-electron chi connectivity index (χ1n) is 9.71. The third-order valence-electron chi connectivity index (χ3n) is 5.27. The minimum Gasteiger partial charge on any atom is -0.460 e. The van der Waals surface area contributed by atoms with Crippen molar-refractivity contribution in [3.63, 3.8) is 0 Å². The molecular weight excluding hydrogens is 360 g/mol. The molecule has 0 aromatic carbocycles. The van der Waals surface area contributed by atoms with E-state index < -0.39 is 5.97 Å². The lowest BCUT2D eigenvalue weighted by atomic mass is 9.92. The zero-order valence-corrected chi connectivity index (χ0v) is 16.7. The van der Waals surface area contributed by atoms with Gasteiger partial charge in [-0.25, -0.2) is 9.78 Å². The molecule has 2 aromatic heterocycles. The molecule has 2 N–H and O–H groups in total. The number of amides is 1. The lowest BCUT2D eigenvalue weighted by Crippen LogP contribution is -2.49. The van der Waals surface area contributed by atoms with Crippen molar-refractivity contribution < 1.29 is 19.1 Å². The number of piperidine rings is 1. The smallest absolute Gasteiger partial charge is 0.341 e. The number of ether oxygens (including phenoxy) is 2. The van der Waals surface area contributed by atoms with Crippen LogP contribution in [0.5, 0.6) is 0 Å². The van der Waals surface area contributed by atoms with Gasteiger partial charge in [-0.05, 0) is 18.4 Å². The molecule has 1 fully saturated rings. The van der Waals surface area contributed by atoms with Gasteiger partial charge in [0.15, 0.2) is 0 Å². The largest absolute Gasteiger partial charge is 0.460 e. The maximum Gasteiger partial charge on any atom is 0.341 e. The number of fused-ring (bicyclic) bond motifs is 1. The molecule has 152 valence electrons. The number of pyridine rings is 1. The van der Waals surface area contributed by atoms with E-state index in [0.29, 0.717) is 42.4 Å². The predicted octanol–water partition coefficient (Wildman–Crippen LogP) is 2.42. The van der Waals surface area contributed by atoms with Crippen molar-refractivity contribution in [2.75, 3.05) is 38.7 Å². The summed E-state index contributed by atoms with van der Waals surface area (Å²) in [5, 5.41) is 4.35. The molecule has 0 aliphatic carbocycles. The Labute approximate surface area is 164 Å². The predicted molar refractivity (Wildman–Crippen MR) is 106 cm³/mol. The monoisotopic (exact) mass is 388 g/mol. The van der Waals surface area contributed by atoms with Crippen LogP contribution in [-0.4, -0.2) is 66.2 Å². The second-order valence-corrected chi connectivity index (χ2v) is 7.13. The van der Waals surface area contributed by atoms with Crippen molar-refractivity contribution in [1.29, 1.82) is 0 Å². The highest BCUT2D eigenvalue weighted by molar-refractivity contribution is 6.04. The zero-order valence-electron chi connectivity index (χ0n) is 16.7. The summed E-state index contributed by atoms with van der Waals surface area (Å²) < 4.78 is 10.3. The number of methoxy groups -OCH3 is 1. The second kappa shape index (κ2) is 9.05. The van der Waals surface area contributed by atoms with E-state index in [1.165, 1.54) is 6.20 Å². The average Bonchev–Trinajstić information content (AvgIpc) is 3.18. The molecular formula is C20H28N4O4. The van der Waals surface area contributed by atoms with Crippen LogP contribution in [-0.2, 0) is 14.3 Å². The van der Waals surface area contributed by atoms with Gasteiger partial charge in [-0.15, -0.1) is 0 Å². The summed E-state index contributed by atoms with van der Waals surface area (Å²) in [7, 11) is 1.56. The van der Waals surface area contributed by atoms with Gasteiger partial charge in [-0.3, -0.25) is 4.79 Å². The van der Waals surface area contributed by atoms with Gasteiger partial charge in [-0.2, -0.15) is 0 Å². The molecule has 0 saturated carbocycles. The Morgan fingerprint density at radius 1 is 1.39 bits per heavy atom. The molecule has 8 nitrogen and oxygen atoms in total. The van der Waals surface area contributed by atoms with Crippen LogP contribution in [0.15, 0.2) is 18.5 Å². The molecule has 1 saturated heterocycles. The molecule has 1 aliphatic rings. The average molecular weight is 388 g/mol. The third kappa shape index (κ3) is 4.27. The summed E-state index contributed by atoms with van der Waals surface area (Å²) in [5.41, 5.74) is 1.77. The second-order valence-electron chi connectivity index (χ2n) is 7.13. The molecule has 3 heterocycles. The van der Waals surface area contributed by atoms with E-state index in [1.807, 2.05) is 17.9 Å². The number of hydrogen-bond acceptors (Lipinski definition) is 6. The number of esters is 1. The minimum atomic E-state index is -0.444. The first-order valence-corrected chi connectivity index (χ1v) is 9.71. The Kier molecular flexibility index (Phi) is 6.51. The number of anilines is 1. The van der Waals surface area contributed by atoms with E-state index in [9.17, 15) is 9.59 Å². The number of aromatic amines is 1. The standard InChI is InChI=1S/C20H28N4O4/c1-4-17(25)24-8-6-13(2)16(12-24)23-18-14-5-7-21-19(14)22-11-15(18)20(26)28-10-9-27-3/h5,7,11,13,16H,4,6,8-10,12H2,1-3H3,(H2,21,22,23)/t13-,16+/m0/s1. The number of nitrogens with zero attached hydrogens (tertiary/aromatic N) is 2. The topological polar surface area (TPSA) is 96.6 Å². The van der Waals surface area contributed by atoms with Crippen LogP contribution in [0.1, 0.15) is 37.0 Å². The van der Waals surface area contributed by atoms with Crippen molar-refractivity contribution in [1.82, 2.24) is 14.9 Å². The molecule has 0 bridgehead atoms. The normalized spacial score (nSPS) is 19.6. The highest BCUT2D eigenvalue weighted by Crippen LogP contribution is 2.30. The summed E-state index contributed by atoms with van der Waals surface area (Å²) in [6, 6.07) is 1.93. The SMILES string of the molecule is CCC(=O)N1CC[C@H](C)[C@H](Nc2c(C(=O)OCCOC)cnc3[nH]ccc23)C1. The van der Waals surface area contributed by atoms with Crippen molar-refractivity contribution in [3.8, 4) is 0 Å². The number of carbonyl (C=O) groups excluding carboxylic acids is 2. The molecule has 0 spiro atoms. The van der Waals surface area contributed by atoms with Crippen LogP contribution < -0.4 is 5.32 Å². The van der Waals surface area contributed by atoms with Crippen molar-refractivity contribution >= 4 is 28.6 Å². The number of H-pyrrole nitrogens is 1. The first-order chi connectivity index (χ1) is 13.5. The molecule has 0 radical (unpaired) electrons. The van der Waals surface area contributed by atoms with Gasteiger partial charge >= 0.3 is 5.97 Å². The van der Waals surface area contributed by atoms with Gasteiger partial charge in [0.2, 0.25) is 5.91 Å². The first kappa shape index (κ1) is 20.1. The van der Waals surface area contributed by atoms with E-state index in [2.05, 4.69) is 22.2 Å². The maximum absolute atomic E-state index is 12.6. The maximum atomic E-state index is 12.6. The van der Waals surface area contributed by atoms with Crippen molar-refractivity contribution in [2.24, 2.45) is 5.92 Å². The quantitative estimate of drug-likeness (QED) is 0.559. The summed E-state index contributed by atoms with van der Waals surface area (Å²) in [6.45, 7) is 5.94. The molecule has 0 unspecified atom stereocenters. The van der Waals surface area contributed by atoms with Gasteiger partial charge in [0.1, 0.15) is 17.8 Å². The fourth-order valence-electron chi connectivity index (χ4n) is 3.51. The summed E-state index contributed by atoms with van der Waals surface area (Å²) in [5.74, 6) is 0.0694. The molecule has 8 heteroatoms. The van der Waals surface area contributed by atoms with E-state index in [1.54, 1.807) is 13.3 Å². The van der Waals surface area contributed by atoms with Crippen LogP contribution in [0.25, 0.3) is 11.0 Å². The number of hydrogen-bond donors (Lipinski definition) is 2. The van der Waals surface area contributed by atoms with Crippen LogP contribution in [0, 0.1) is 5.92 Å². The number of likely N-dealkylation sites (tertiary alicyclic amines) is 1. The summed E-state index contributed by atoms with van der Waals surface area (Å²) >= 11 is 0. The van der Waals surface area contributed by atoms with Gasteiger partial charge in [0, 0.05) is 50.4 Å². The Hall–Kier alpha value is -2.61. The van der Waals surface area contributed by atoms with Crippen LogP contribution >= 0.6 is 0 Å². The zero-order chi connectivity index (χ0) is 20.1. The van der Waals surface area contributed by atoms with Crippen LogP contribution in [0.3, 0.4) is 0 Å². The fraction of sp³-hybridized carbons (Fsp3) is 0.550. The van der Waals surface area contributed by atoms with Crippen LogP contribution in [0.2, 0.25) is 0 Å². The summed E-state index contributed by atoms with van der Waals surface area (Å²) in [6.07, 6.45) is 4.73. The van der Waals surface area contributed by atoms with Gasteiger partial charge < -0.3 is 24.7 Å². The Morgan fingerprint density at radius 3 is 2.96 bits per heavy atom. The molecule has 1 aliphatic heterocycles. The highest BCUT2D eigenvalue weighted by atomic mass is 16.6. The lowest BCUT2D eigenvalue weighted by Gasteiger charge is -2.38. The number of rotatable bonds is 7. The number of carbonyl (C=O) groups is 2. The van der Waals surface area contributed by atoms with E-state index >= 15 is 0 Å². The molecule has 2 atom stereocenters. The van der Waals surface area contributed by atoms with E-state index in [4.69, 9.17) is 9.47 Å². The molecule has 3 rings (SSSR count). The van der Waals surface area contributed by atoms with E-state index in [-0.39, 0.29) is 18.6 Å². The van der Waals surface area contributed by atoms with Crippen molar-refractivity contribution in [2.45, 2.75) is 32.7 Å². The minimum absolute atomic E-state index is 0.0373. The molecule has 1 amide bonds. The molecule has 2 aromatic rings. The van der Waals surface area contributed by atoms with Gasteiger partial charge in [0.25, 0.3) is 0 Å². The Bertz CT molecular complexity index is 835. The van der Waals surface area contributed by atoms with Gasteiger partial charge in [-0.1, -0.05) is 13.8 Å². The third-order valence-corrected chi connectivity index (χ3v) is 5.27. The summed E-state index contributed by atoms with van der Waals surface area (Å²) in [4.78, 5) is 34.1. The van der Waals surface area contributed by atoms with Crippen LogP contribution in [0.4, 0.5) is 5.69 Å².